The fraction of sp³-hybridized carbons (Fsp3) is 0.810. The van der Waals surface area contributed by atoms with Crippen molar-refractivity contribution in [3.63, 3.8) is 0 Å². The molecule has 276 valence electrons. The van der Waals surface area contributed by atoms with E-state index in [2.05, 4.69) is 20.6 Å². The van der Waals surface area contributed by atoms with Crippen LogP contribution < -0.4 is 10.6 Å². The number of thioether (sulfide) groups is 12. The Kier molecular flexibility index (Phi) is 45.1. The summed E-state index contributed by atoms with van der Waals surface area (Å²) in [6.07, 6.45) is 1.66. The Balaban J connectivity index is 3.27. The summed E-state index contributed by atoms with van der Waals surface area (Å²) in [6.45, 7) is 0. The summed E-state index contributed by atoms with van der Waals surface area (Å²) in [5.41, 5.74) is 0. The summed E-state index contributed by atoms with van der Waals surface area (Å²) in [4.78, 5) is 50.9. The molecule has 0 rings (SSSR count). The topological polar surface area (TPSA) is 179 Å². The zero-order valence-corrected chi connectivity index (χ0v) is 34.9. The molecule has 14 nitrogen and oxygen atoms in total. The Morgan fingerprint density at radius 3 is 1.34 bits per heavy atom. The van der Waals surface area contributed by atoms with Crippen LogP contribution in [0.4, 0.5) is 9.59 Å². The molecule has 0 atom stereocenters. The van der Waals surface area contributed by atoms with Crippen LogP contribution in [0, 0.1) is 0 Å². The summed E-state index contributed by atoms with van der Waals surface area (Å²) >= 11 is 18.6. The summed E-state index contributed by atoms with van der Waals surface area (Å²) < 4.78 is 10.1. The third-order valence-corrected chi connectivity index (χ3v) is 15.7. The fourth-order valence-corrected chi connectivity index (χ4v) is 11.2. The minimum absolute atomic E-state index is 0.0617. The van der Waals surface area contributed by atoms with Gasteiger partial charge in [0.05, 0.1) is 35.4 Å². The van der Waals surface area contributed by atoms with Crippen molar-refractivity contribution in [1.82, 2.24) is 10.6 Å². The Bertz CT molecular complexity index is 763. The molecule has 26 heteroatoms. The average molecular weight is 893 g/mol. The molecule has 0 aliphatic rings. The van der Waals surface area contributed by atoms with Gasteiger partial charge in [0.15, 0.2) is 0 Å². The maximum Gasteiger partial charge on any atom is 0.408 e. The highest BCUT2D eigenvalue weighted by Crippen LogP contribution is 2.18. The SMILES string of the molecule is O=C(NCSCSCSC/N=C/OOCSCSCOC(=O)NCSCSCSC/N=C/OOCSCSCO)OCSCSCO. The van der Waals surface area contributed by atoms with Gasteiger partial charge < -0.3 is 40.1 Å². The van der Waals surface area contributed by atoms with Crippen molar-refractivity contribution >= 4 is 166 Å². The van der Waals surface area contributed by atoms with E-state index < -0.39 is 12.2 Å². The quantitative estimate of drug-likeness (QED) is 0.0135. The molecule has 0 unspecified atom stereocenters. The van der Waals surface area contributed by atoms with Crippen LogP contribution in [0.5, 0.6) is 0 Å². The number of rotatable bonds is 36. The second-order valence-corrected chi connectivity index (χ2v) is 20.8. The van der Waals surface area contributed by atoms with E-state index >= 15 is 0 Å². The molecule has 0 radical (unpaired) electrons. The Hall–Kier alpha value is 1.52. The van der Waals surface area contributed by atoms with Gasteiger partial charge in [-0.1, -0.05) is 0 Å². The van der Waals surface area contributed by atoms with Gasteiger partial charge in [0.25, 0.3) is 0 Å². The highest BCUT2D eigenvalue weighted by atomic mass is 32.2. The summed E-state index contributed by atoms with van der Waals surface area (Å²) in [5, 5.41) is 28.1. The first kappa shape index (κ1) is 48.5. The van der Waals surface area contributed by atoms with Gasteiger partial charge in [-0.3, -0.25) is 0 Å². The molecule has 0 aliphatic carbocycles. The molecule has 2 amide bonds. The van der Waals surface area contributed by atoms with Gasteiger partial charge in [0.1, 0.15) is 23.8 Å². The highest BCUT2D eigenvalue weighted by molar-refractivity contribution is 8.23. The van der Waals surface area contributed by atoms with Crippen molar-refractivity contribution in [2.45, 2.75) is 0 Å². The Morgan fingerprint density at radius 2 is 0.894 bits per heavy atom. The van der Waals surface area contributed by atoms with Crippen molar-refractivity contribution < 1.29 is 48.8 Å². The molecule has 4 N–H and O–H groups in total. The number of aliphatic hydroxyl groups excluding tert-OH is 2. The number of carbonyl (C=O) groups is 2. The molecule has 0 spiro atoms. The van der Waals surface area contributed by atoms with E-state index in [0.717, 1.165) is 25.4 Å². The first-order chi connectivity index (χ1) is 23.2. The molecule has 0 heterocycles. The highest BCUT2D eigenvalue weighted by Gasteiger charge is 2.02. The third-order valence-electron chi connectivity index (χ3n) is 3.50. The Labute approximate surface area is 327 Å². The molecular formula is C21H40N4O10S12. The molecule has 0 aliphatic heterocycles. The van der Waals surface area contributed by atoms with Crippen LogP contribution in [0.2, 0.25) is 0 Å². The molecule has 0 bridgehead atoms. The molecular weight excluding hydrogens is 853 g/mol. The van der Waals surface area contributed by atoms with Crippen LogP contribution in [-0.2, 0) is 29.0 Å². The number of aliphatic imine (C=N–C) groups is 2. The number of nitrogens with zero attached hydrogens (tertiary/aromatic N) is 2. The second kappa shape index (κ2) is 43.7. The van der Waals surface area contributed by atoms with Crippen LogP contribution >= 0.6 is 141 Å². The van der Waals surface area contributed by atoms with Crippen molar-refractivity contribution in [2.75, 3.05) is 94.7 Å². The fourth-order valence-electron chi connectivity index (χ4n) is 1.77. The van der Waals surface area contributed by atoms with Crippen molar-refractivity contribution in [3.05, 3.63) is 0 Å². The number of aliphatic hydroxyl groups is 2. The normalized spacial score (nSPS) is 11.3. The lowest BCUT2D eigenvalue weighted by Crippen LogP contribution is -2.23. The lowest BCUT2D eigenvalue weighted by molar-refractivity contribution is -0.196. The molecule has 0 aromatic carbocycles. The summed E-state index contributed by atoms with van der Waals surface area (Å²) in [7, 11) is 0. The van der Waals surface area contributed by atoms with Gasteiger partial charge >= 0.3 is 12.2 Å². The van der Waals surface area contributed by atoms with Crippen LogP contribution in [0.15, 0.2) is 9.98 Å². The smallest absolute Gasteiger partial charge is 0.408 e. The van der Waals surface area contributed by atoms with Crippen molar-refractivity contribution in [2.24, 2.45) is 9.98 Å². The van der Waals surface area contributed by atoms with Gasteiger partial charge in [0, 0.05) is 35.6 Å². The lowest BCUT2D eigenvalue weighted by atomic mass is 11.1. The van der Waals surface area contributed by atoms with Crippen LogP contribution in [0.1, 0.15) is 0 Å². The predicted octanol–water partition coefficient (Wildman–Crippen LogP) is 6.45. The molecule has 0 aromatic rings. The maximum atomic E-state index is 11.7. The van der Waals surface area contributed by atoms with Crippen molar-refractivity contribution in [3.8, 4) is 0 Å². The van der Waals surface area contributed by atoms with Crippen molar-refractivity contribution in [1.29, 1.82) is 0 Å². The Morgan fingerprint density at radius 1 is 0.511 bits per heavy atom. The minimum atomic E-state index is -0.447. The first-order valence-electron chi connectivity index (χ1n) is 12.7. The molecule has 47 heavy (non-hydrogen) atoms. The standard InChI is InChI=1S/C21H40N4O10S12/c26-7-40-17-42-9-30-20(28)24-5-38-15-46-14-37-4-23-2-33-35-12-45-19-43-10-31-21(29)25-6-39-16-47-13-36-3-22-1-32-34-11-44-18-41-8-27/h1-2,26-27H,3-19H2,(H,24,28)(H,25,29)/b22-1+,23-2+. The van der Waals surface area contributed by atoms with Gasteiger partial charge in [-0.15, -0.1) is 141 Å². The molecule has 0 fully saturated rings. The summed E-state index contributed by atoms with van der Waals surface area (Å²) in [5.74, 6) is 3.44. The first-order valence-corrected chi connectivity index (χ1v) is 26.5. The molecule has 0 saturated carbocycles. The van der Waals surface area contributed by atoms with Gasteiger partial charge in [-0.25, -0.2) is 19.6 Å². The lowest BCUT2D eigenvalue weighted by Gasteiger charge is -2.06. The monoisotopic (exact) mass is 892 g/mol. The zero-order chi connectivity index (χ0) is 34.1. The number of carbonyl (C=O) groups excluding carboxylic acids is 2. The number of nitrogens with one attached hydrogen (secondary N) is 2. The van der Waals surface area contributed by atoms with E-state index in [4.69, 9.17) is 39.2 Å². The van der Waals surface area contributed by atoms with E-state index in [1.54, 1.807) is 70.6 Å². The van der Waals surface area contributed by atoms with E-state index in [-0.39, 0.29) is 23.8 Å². The van der Waals surface area contributed by atoms with Crippen LogP contribution in [0.3, 0.4) is 0 Å². The number of ether oxygens (including phenoxy) is 2. The van der Waals surface area contributed by atoms with Gasteiger partial charge in [-0.2, -0.15) is 9.78 Å². The third kappa shape index (κ3) is 43.6. The minimum Gasteiger partial charge on any atom is -0.438 e. The zero-order valence-electron chi connectivity index (χ0n) is 25.1. The number of hydrogen-bond acceptors (Lipinski definition) is 24. The predicted molar refractivity (Wildman–Crippen MR) is 219 cm³/mol. The maximum absolute atomic E-state index is 11.7. The number of amides is 2. The van der Waals surface area contributed by atoms with Crippen LogP contribution in [0.25, 0.3) is 0 Å². The molecule has 0 saturated heterocycles. The molecule has 0 aromatic heterocycles. The summed E-state index contributed by atoms with van der Waals surface area (Å²) in [6, 6.07) is 0. The van der Waals surface area contributed by atoms with Crippen LogP contribution in [-0.4, -0.2) is 130 Å². The van der Waals surface area contributed by atoms with Gasteiger partial charge in [-0.05, 0) is 0 Å². The second-order valence-electron chi connectivity index (χ2n) is 6.77. The average Bonchev–Trinajstić information content (AvgIpc) is 3.07. The van der Waals surface area contributed by atoms with Gasteiger partial charge in [0.2, 0.25) is 12.8 Å². The number of hydrogen-bond donors (Lipinski definition) is 4. The van der Waals surface area contributed by atoms with E-state index in [0.29, 0.717) is 45.6 Å². The van der Waals surface area contributed by atoms with E-state index in [9.17, 15) is 9.59 Å². The largest absolute Gasteiger partial charge is 0.438 e. The number of alkyl carbamates (subject to hydrolysis) is 2. The van der Waals surface area contributed by atoms with E-state index in [1.807, 2.05) is 0 Å². The van der Waals surface area contributed by atoms with E-state index in [1.165, 1.54) is 83.4 Å².